The highest BCUT2D eigenvalue weighted by Crippen LogP contribution is 2.30. The third-order valence-electron chi connectivity index (χ3n) is 2.98. The highest BCUT2D eigenvalue weighted by Gasteiger charge is 2.26. The third kappa shape index (κ3) is 2.61. The van der Waals surface area contributed by atoms with Crippen LogP contribution in [-0.4, -0.2) is 5.11 Å². The molecule has 1 atom stereocenters. The number of hydrogen-bond donors (Lipinski definition) is 1. The second kappa shape index (κ2) is 4.65. The first kappa shape index (κ1) is 11.3. The van der Waals surface area contributed by atoms with Crippen molar-refractivity contribution >= 4 is 0 Å². The molecule has 0 radical (unpaired) electrons. The second-order valence-electron chi connectivity index (χ2n) is 4.17. The van der Waals surface area contributed by atoms with E-state index in [2.05, 4.69) is 13.8 Å². The number of rotatable bonds is 5. The lowest BCUT2D eigenvalue weighted by Gasteiger charge is -2.26. The topological polar surface area (TPSA) is 33.4 Å². The maximum atomic E-state index is 10.2. The van der Waals surface area contributed by atoms with Gasteiger partial charge in [0.05, 0.1) is 18.1 Å². The molecule has 0 aliphatic rings. The Labute approximate surface area is 85.9 Å². The van der Waals surface area contributed by atoms with Crippen molar-refractivity contribution in [2.45, 2.75) is 45.6 Å². The molecule has 2 heteroatoms. The van der Waals surface area contributed by atoms with Gasteiger partial charge in [-0.3, -0.25) is 0 Å². The van der Waals surface area contributed by atoms with Crippen LogP contribution in [0.3, 0.4) is 0 Å². The van der Waals surface area contributed by atoms with Gasteiger partial charge in [0, 0.05) is 5.56 Å². The number of furan rings is 1. The van der Waals surface area contributed by atoms with Crippen LogP contribution < -0.4 is 0 Å². The van der Waals surface area contributed by atoms with Crippen molar-refractivity contribution in [2.24, 2.45) is 5.92 Å². The Bertz CT molecular complexity index is 245. The molecule has 1 unspecified atom stereocenters. The summed E-state index contributed by atoms with van der Waals surface area (Å²) >= 11 is 0. The number of aliphatic hydroxyl groups is 1. The number of hydrogen-bond acceptors (Lipinski definition) is 2. The van der Waals surface area contributed by atoms with Crippen molar-refractivity contribution in [1.82, 2.24) is 0 Å². The molecule has 0 bridgehead atoms. The summed E-state index contributed by atoms with van der Waals surface area (Å²) in [6, 6.07) is 1.84. The van der Waals surface area contributed by atoms with Gasteiger partial charge in [-0.2, -0.15) is 0 Å². The quantitative estimate of drug-likeness (QED) is 0.783. The molecule has 1 aromatic heterocycles. The van der Waals surface area contributed by atoms with Crippen molar-refractivity contribution < 1.29 is 9.52 Å². The molecular weight excluding hydrogens is 176 g/mol. The van der Waals surface area contributed by atoms with Crippen LogP contribution in [-0.2, 0) is 5.60 Å². The highest BCUT2D eigenvalue weighted by molar-refractivity contribution is 5.14. The van der Waals surface area contributed by atoms with E-state index in [9.17, 15) is 5.11 Å². The van der Waals surface area contributed by atoms with Gasteiger partial charge in [-0.1, -0.05) is 26.7 Å². The minimum absolute atomic E-state index is 0.583. The van der Waals surface area contributed by atoms with Crippen LogP contribution in [0.15, 0.2) is 23.0 Å². The molecular formula is C12H20O2. The molecule has 80 valence electrons. The van der Waals surface area contributed by atoms with Gasteiger partial charge in [-0.15, -0.1) is 0 Å². The predicted molar refractivity (Wildman–Crippen MR) is 57.0 cm³/mol. The van der Waals surface area contributed by atoms with E-state index in [0.29, 0.717) is 5.92 Å². The Morgan fingerprint density at radius 2 is 2.07 bits per heavy atom. The zero-order chi connectivity index (χ0) is 10.6. The molecule has 1 aromatic rings. The summed E-state index contributed by atoms with van der Waals surface area (Å²) in [4.78, 5) is 0. The standard InChI is InChI=1S/C12H20O2/c1-4-10(5-2)8-12(3,13)11-6-7-14-9-11/h6-7,9-10,13H,4-5,8H2,1-3H3. The first-order valence-electron chi connectivity index (χ1n) is 5.35. The van der Waals surface area contributed by atoms with E-state index < -0.39 is 5.60 Å². The Kier molecular flexibility index (Phi) is 3.76. The van der Waals surface area contributed by atoms with Gasteiger partial charge in [-0.05, 0) is 25.3 Å². The van der Waals surface area contributed by atoms with Gasteiger partial charge in [0.1, 0.15) is 0 Å². The van der Waals surface area contributed by atoms with Crippen LogP contribution in [0.2, 0.25) is 0 Å². The van der Waals surface area contributed by atoms with Crippen molar-refractivity contribution in [2.75, 3.05) is 0 Å². The summed E-state index contributed by atoms with van der Waals surface area (Å²) in [6.45, 7) is 6.19. The monoisotopic (exact) mass is 196 g/mol. The summed E-state index contributed by atoms with van der Waals surface area (Å²) < 4.78 is 4.99. The van der Waals surface area contributed by atoms with Crippen molar-refractivity contribution in [3.63, 3.8) is 0 Å². The second-order valence-corrected chi connectivity index (χ2v) is 4.17. The lowest BCUT2D eigenvalue weighted by molar-refractivity contribution is 0.0280. The molecule has 0 spiro atoms. The molecule has 1 rings (SSSR count). The molecule has 2 nitrogen and oxygen atoms in total. The molecule has 0 aliphatic heterocycles. The third-order valence-corrected chi connectivity index (χ3v) is 2.98. The Morgan fingerprint density at radius 3 is 2.50 bits per heavy atom. The van der Waals surface area contributed by atoms with Crippen molar-refractivity contribution in [1.29, 1.82) is 0 Å². The smallest absolute Gasteiger partial charge is 0.0963 e. The Balaban J connectivity index is 2.66. The molecule has 0 amide bonds. The Hall–Kier alpha value is -0.760. The first-order valence-corrected chi connectivity index (χ1v) is 5.35. The molecule has 0 aliphatic carbocycles. The van der Waals surface area contributed by atoms with E-state index in [0.717, 1.165) is 24.8 Å². The molecule has 0 fully saturated rings. The largest absolute Gasteiger partial charge is 0.472 e. The van der Waals surface area contributed by atoms with E-state index in [1.807, 2.05) is 13.0 Å². The normalized spacial score (nSPS) is 15.8. The van der Waals surface area contributed by atoms with E-state index in [-0.39, 0.29) is 0 Å². The zero-order valence-corrected chi connectivity index (χ0v) is 9.29. The minimum Gasteiger partial charge on any atom is -0.472 e. The fraction of sp³-hybridized carbons (Fsp3) is 0.667. The molecule has 0 aromatic carbocycles. The van der Waals surface area contributed by atoms with Crippen LogP contribution >= 0.6 is 0 Å². The van der Waals surface area contributed by atoms with Gasteiger partial charge in [0.25, 0.3) is 0 Å². The van der Waals surface area contributed by atoms with Gasteiger partial charge >= 0.3 is 0 Å². The summed E-state index contributed by atoms with van der Waals surface area (Å²) in [5, 5.41) is 10.2. The van der Waals surface area contributed by atoms with E-state index in [1.165, 1.54) is 0 Å². The van der Waals surface area contributed by atoms with Crippen LogP contribution in [0, 0.1) is 5.92 Å². The maximum absolute atomic E-state index is 10.2. The SMILES string of the molecule is CCC(CC)CC(C)(O)c1ccoc1. The maximum Gasteiger partial charge on any atom is 0.0963 e. The summed E-state index contributed by atoms with van der Waals surface area (Å²) in [5.41, 5.74) is 0.133. The van der Waals surface area contributed by atoms with Gasteiger partial charge in [0.2, 0.25) is 0 Å². The van der Waals surface area contributed by atoms with Crippen LogP contribution in [0.4, 0.5) is 0 Å². The summed E-state index contributed by atoms with van der Waals surface area (Å²) in [6.07, 6.45) is 6.27. The van der Waals surface area contributed by atoms with Crippen molar-refractivity contribution in [3.8, 4) is 0 Å². The fourth-order valence-electron chi connectivity index (χ4n) is 1.83. The summed E-state index contributed by atoms with van der Waals surface area (Å²) in [5.74, 6) is 0.583. The molecule has 1 N–H and O–H groups in total. The fourth-order valence-corrected chi connectivity index (χ4v) is 1.83. The predicted octanol–water partition coefficient (Wildman–Crippen LogP) is 3.31. The lowest BCUT2D eigenvalue weighted by atomic mass is 9.85. The lowest BCUT2D eigenvalue weighted by Crippen LogP contribution is -2.24. The first-order chi connectivity index (χ1) is 6.60. The van der Waals surface area contributed by atoms with E-state index in [1.54, 1.807) is 12.5 Å². The van der Waals surface area contributed by atoms with Crippen LogP contribution in [0.1, 0.15) is 45.6 Å². The Morgan fingerprint density at radius 1 is 1.43 bits per heavy atom. The zero-order valence-electron chi connectivity index (χ0n) is 9.29. The minimum atomic E-state index is -0.746. The molecule has 14 heavy (non-hydrogen) atoms. The highest BCUT2D eigenvalue weighted by atomic mass is 16.3. The molecule has 0 saturated heterocycles. The van der Waals surface area contributed by atoms with Gasteiger partial charge in [-0.25, -0.2) is 0 Å². The van der Waals surface area contributed by atoms with E-state index >= 15 is 0 Å². The van der Waals surface area contributed by atoms with Crippen molar-refractivity contribution in [3.05, 3.63) is 24.2 Å². The van der Waals surface area contributed by atoms with Crippen LogP contribution in [0.25, 0.3) is 0 Å². The average Bonchev–Trinajstić information content (AvgIpc) is 2.67. The molecule has 0 saturated carbocycles. The summed E-state index contributed by atoms with van der Waals surface area (Å²) in [7, 11) is 0. The average molecular weight is 196 g/mol. The van der Waals surface area contributed by atoms with Crippen LogP contribution in [0.5, 0.6) is 0 Å². The van der Waals surface area contributed by atoms with Gasteiger partial charge in [0.15, 0.2) is 0 Å². The molecule has 1 heterocycles. The van der Waals surface area contributed by atoms with E-state index in [4.69, 9.17) is 4.42 Å². The van der Waals surface area contributed by atoms with Gasteiger partial charge < -0.3 is 9.52 Å².